The molecule has 0 spiro atoms. The second-order valence-electron chi connectivity index (χ2n) is 4.99. The fourth-order valence-corrected chi connectivity index (χ4v) is 7.55. The Balaban J connectivity index is 2.41. The third-order valence-electron chi connectivity index (χ3n) is 1.77. The molecule has 0 aliphatic carbocycles. The van der Waals surface area contributed by atoms with Crippen molar-refractivity contribution in [1.29, 1.82) is 0 Å². The quantitative estimate of drug-likeness (QED) is 0.287. The molecular weight excluding hydrogens is 352 g/mol. The summed E-state index contributed by atoms with van der Waals surface area (Å²) in [7, 11) is 4.67. The van der Waals surface area contributed by atoms with Gasteiger partial charge in [-0.25, -0.2) is 9.10 Å². The third-order valence-corrected chi connectivity index (χ3v) is 8.92. The SMILES string of the molecule is CC1SC(=NOC(=O)N(C)SSC(C)(C)C)SC(C)S1. The summed E-state index contributed by atoms with van der Waals surface area (Å²) in [4.78, 5) is 16.8. The van der Waals surface area contributed by atoms with Gasteiger partial charge in [-0.15, -0.1) is 11.8 Å². The highest BCUT2D eigenvalue weighted by Crippen LogP contribution is 2.43. The average Bonchev–Trinajstić information content (AvgIpc) is 2.31. The molecule has 0 aromatic rings. The maximum absolute atomic E-state index is 11.8. The van der Waals surface area contributed by atoms with E-state index in [9.17, 15) is 4.79 Å². The lowest BCUT2D eigenvalue weighted by Gasteiger charge is -2.23. The Hall–Kier alpha value is 0.690. The van der Waals surface area contributed by atoms with Gasteiger partial charge in [0.05, 0.1) is 9.16 Å². The summed E-state index contributed by atoms with van der Waals surface area (Å²) in [6.45, 7) is 10.6. The van der Waals surface area contributed by atoms with Crippen molar-refractivity contribution in [3.05, 3.63) is 0 Å². The van der Waals surface area contributed by atoms with E-state index in [1.54, 1.807) is 41.4 Å². The molecule has 1 aliphatic rings. The van der Waals surface area contributed by atoms with Gasteiger partial charge in [0.25, 0.3) is 0 Å². The number of carbonyl (C=O) groups excluding carboxylic acids is 1. The van der Waals surface area contributed by atoms with Crippen molar-refractivity contribution in [3.63, 3.8) is 0 Å². The van der Waals surface area contributed by atoms with Crippen LogP contribution in [0.25, 0.3) is 0 Å². The van der Waals surface area contributed by atoms with Crippen molar-refractivity contribution in [1.82, 2.24) is 4.31 Å². The van der Waals surface area contributed by atoms with Crippen LogP contribution in [0.1, 0.15) is 34.6 Å². The molecule has 2 unspecified atom stereocenters. The molecule has 1 rings (SSSR count). The predicted molar refractivity (Wildman–Crippen MR) is 98.3 cm³/mol. The lowest BCUT2D eigenvalue weighted by Crippen LogP contribution is -2.20. The van der Waals surface area contributed by atoms with Gasteiger partial charge in [-0.05, 0) is 13.8 Å². The first kappa shape index (κ1) is 18.7. The summed E-state index contributed by atoms with van der Waals surface area (Å²) in [6, 6.07) is 0. The van der Waals surface area contributed by atoms with Crippen molar-refractivity contribution in [3.8, 4) is 0 Å². The minimum atomic E-state index is -0.445. The smallest absolute Gasteiger partial charge is 0.296 e. The van der Waals surface area contributed by atoms with Crippen LogP contribution in [0.15, 0.2) is 5.16 Å². The molecule has 1 aliphatic heterocycles. The van der Waals surface area contributed by atoms with Gasteiger partial charge in [-0.1, -0.05) is 60.2 Å². The van der Waals surface area contributed by atoms with E-state index in [4.69, 9.17) is 4.84 Å². The van der Waals surface area contributed by atoms with Gasteiger partial charge in [-0.3, -0.25) is 4.84 Å². The van der Waals surface area contributed by atoms with E-state index in [2.05, 4.69) is 39.8 Å². The van der Waals surface area contributed by atoms with Gasteiger partial charge >= 0.3 is 6.09 Å². The Morgan fingerprint density at radius 2 is 1.85 bits per heavy atom. The fraction of sp³-hybridized carbons (Fsp3) is 0.818. The van der Waals surface area contributed by atoms with Crippen LogP contribution in [0.2, 0.25) is 0 Å². The highest BCUT2D eigenvalue weighted by Gasteiger charge is 2.24. The molecular formula is C11H20N2O2S5. The third kappa shape index (κ3) is 7.63. The Bertz CT molecular complexity index is 360. The van der Waals surface area contributed by atoms with Crippen molar-refractivity contribution < 1.29 is 9.63 Å². The molecule has 1 fully saturated rings. The number of nitrogens with zero attached hydrogens (tertiary/aromatic N) is 2. The molecule has 0 saturated carbocycles. The van der Waals surface area contributed by atoms with E-state index in [0.29, 0.717) is 9.16 Å². The van der Waals surface area contributed by atoms with Crippen LogP contribution in [0.4, 0.5) is 4.79 Å². The minimum absolute atomic E-state index is 0.0856. The molecule has 1 amide bonds. The molecule has 0 N–H and O–H groups in total. The van der Waals surface area contributed by atoms with Crippen molar-refractivity contribution >= 4 is 67.5 Å². The van der Waals surface area contributed by atoms with Crippen molar-refractivity contribution in [2.75, 3.05) is 7.05 Å². The van der Waals surface area contributed by atoms with Crippen LogP contribution in [0, 0.1) is 0 Å². The highest BCUT2D eigenvalue weighted by molar-refractivity contribution is 8.76. The molecule has 116 valence electrons. The van der Waals surface area contributed by atoms with E-state index in [1.807, 2.05) is 11.8 Å². The summed E-state index contributed by atoms with van der Waals surface area (Å²) in [5.74, 6) is 0. The Morgan fingerprint density at radius 3 is 2.35 bits per heavy atom. The van der Waals surface area contributed by atoms with Gasteiger partial charge in [0, 0.05) is 22.8 Å². The van der Waals surface area contributed by atoms with E-state index in [-0.39, 0.29) is 4.75 Å². The molecule has 0 radical (unpaired) electrons. The van der Waals surface area contributed by atoms with Crippen LogP contribution >= 0.6 is 57.1 Å². The van der Waals surface area contributed by atoms with Crippen LogP contribution in [0.5, 0.6) is 0 Å². The number of hydrogen-bond acceptors (Lipinski definition) is 8. The molecule has 1 heterocycles. The molecule has 0 aromatic heterocycles. The summed E-state index contributed by atoms with van der Waals surface area (Å²) >= 11 is 5.14. The first-order valence-corrected chi connectivity index (χ1v) is 10.9. The second kappa shape index (κ2) is 8.36. The van der Waals surface area contributed by atoms with Crippen molar-refractivity contribution in [2.45, 2.75) is 48.5 Å². The number of hydrogen-bond donors (Lipinski definition) is 0. The van der Waals surface area contributed by atoms with Gasteiger partial charge in [0.15, 0.2) is 4.38 Å². The maximum atomic E-state index is 11.8. The molecule has 9 heteroatoms. The normalized spacial score (nSPS) is 23.4. The van der Waals surface area contributed by atoms with E-state index < -0.39 is 6.09 Å². The van der Waals surface area contributed by atoms with Gasteiger partial charge < -0.3 is 0 Å². The molecule has 0 bridgehead atoms. The largest absolute Gasteiger partial charge is 0.446 e. The number of rotatable bonds is 3. The second-order valence-corrected chi connectivity index (χ2v) is 13.2. The summed E-state index contributed by atoms with van der Waals surface area (Å²) in [6.07, 6.45) is -0.445. The maximum Gasteiger partial charge on any atom is 0.446 e. The highest BCUT2D eigenvalue weighted by atomic mass is 33.1. The zero-order chi connectivity index (χ0) is 15.3. The number of carbonyl (C=O) groups is 1. The molecule has 20 heavy (non-hydrogen) atoms. The monoisotopic (exact) mass is 372 g/mol. The minimum Gasteiger partial charge on any atom is -0.296 e. The van der Waals surface area contributed by atoms with Crippen LogP contribution in [0.3, 0.4) is 0 Å². The van der Waals surface area contributed by atoms with Crippen molar-refractivity contribution in [2.24, 2.45) is 5.16 Å². The van der Waals surface area contributed by atoms with Crippen LogP contribution < -0.4 is 0 Å². The van der Waals surface area contributed by atoms with E-state index >= 15 is 0 Å². The lowest BCUT2D eigenvalue weighted by molar-refractivity contribution is 0.138. The lowest BCUT2D eigenvalue weighted by atomic mass is 10.3. The van der Waals surface area contributed by atoms with E-state index in [1.165, 1.54) is 15.3 Å². The molecule has 1 saturated heterocycles. The first-order chi connectivity index (χ1) is 9.17. The Kier molecular flexibility index (Phi) is 7.83. The van der Waals surface area contributed by atoms with Crippen LogP contribution in [-0.4, -0.2) is 35.7 Å². The zero-order valence-corrected chi connectivity index (χ0v) is 16.5. The summed E-state index contributed by atoms with van der Waals surface area (Å²) < 4.78 is 3.24. The van der Waals surface area contributed by atoms with Gasteiger partial charge in [-0.2, -0.15) is 0 Å². The molecule has 0 aromatic carbocycles. The Labute approximate surface area is 141 Å². The topological polar surface area (TPSA) is 41.9 Å². The van der Waals surface area contributed by atoms with E-state index in [0.717, 1.165) is 4.38 Å². The molecule has 2 atom stereocenters. The number of oxime groups is 1. The fourth-order valence-electron chi connectivity index (χ4n) is 1.01. The molecule has 4 nitrogen and oxygen atoms in total. The van der Waals surface area contributed by atoms with Crippen LogP contribution in [-0.2, 0) is 4.84 Å². The number of thioether (sulfide) groups is 3. The summed E-state index contributed by atoms with van der Waals surface area (Å²) in [5, 5.41) is 3.96. The Morgan fingerprint density at radius 1 is 1.30 bits per heavy atom. The average molecular weight is 373 g/mol. The standard InChI is InChI=1S/C11H20N2O2S5/c1-7-16-8(2)18-9(17-7)12-15-10(14)13(6)20-19-11(3,4)5/h7-8H,1-6H3. The predicted octanol–water partition coefficient (Wildman–Crippen LogP) is 5.33. The summed E-state index contributed by atoms with van der Waals surface area (Å²) in [5.41, 5.74) is 0. The number of amides is 1. The zero-order valence-electron chi connectivity index (χ0n) is 12.4. The van der Waals surface area contributed by atoms with Gasteiger partial charge in [0.1, 0.15) is 0 Å². The first-order valence-electron chi connectivity index (χ1n) is 6.04. The van der Waals surface area contributed by atoms with Gasteiger partial charge in [0.2, 0.25) is 0 Å².